The highest BCUT2D eigenvalue weighted by Crippen LogP contribution is 2.19. The van der Waals surface area contributed by atoms with Crippen LogP contribution in [0.1, 0.15) is 38.1 Å². The molecule has 0 spiro atoms. The maximum Gasteiger partial charge on any atom is 0.156 e. The Kier molecular flexibility index (Phi) is 2.23. The van der Waals surface area contributed by atoms with Gasteiger partial charge in [0.15, 0.2) is 5.65 Å². The lowest BCUT2D eigenvalue weighted by atomic mass is 10.1. The summed E-state index contributed by atoms with van der Waals surface area (Å²) in [5, 5.41) is 0. The zero-order valence-corrected chi connectivity index (χ0v) is 8.83. The van der Waals surface area contributed by atoms with E-state index in [0.29, 0.717) is 5.92 Å². The number of nitrogens with zero attached hydrogens (tertiary/aromatic N) is 2. The van der Waals surface area contributed by atoms with E-state index in [1.165, 1.54) is 0 Å². The Balaban J connectivity index is 2.66. The van der Waals surface area contributed by atoms with Gasteiger partial charge < -0.3 is 4.98 Å². The Morgan fingerprint density at radius 2 is 2.14 bits per heavy atom. The SMILES string of the molecule is CCc1nc2cc[nH]c2nc1C(C)C. The van der Waals surface area contributed by atoms with Crippen molar-refractivity contribution in [2.24, 2.45) is 0 Å². The molecule has 3 heteroatoms. The minimum absolute atomic E-state index is 0.435. The molecule has 0 aliphatic heterocycles. The standard InChI is InChI=1S/C11H15N3/c1-4-8-10(7(2)3)14-11-9(13-8)5-6-12-11/h5-7H,4H2,1-3H3,(H,12,14). The summed E-state index contributed by atoms with van der Waals surface area (Å²) in [6, 6.07) is 1.96. The highest BCUT2D eigenvalue weighted by Gasteiger charge is 2.10. The van der Waals surface area contributed by atoms with Gasteiger partial charge in [0, 0.05) is 6.20 Å². The summed E-state index contributed by atoms with van der Waals surface area (Å²) in [5.41, 5.74) is 4.09. The van der Waals surface area contributed by atoms with Crippen LogP contribution in [0.2, 0.25) is 0 Å². The van der Waals surface area contributed by atoms with E-state index in [1.54, 1.807) is 0 Å². The molecule has 2 aromatic heterocycles. The fourth-order valence-electron chi connectivity index (χ4n) is 1.64. The predicted molar refractivity (Wildman–Crippen MR) is 57.4 cm³/mol. The summed E-state index contributed by atoms with van der Waals surface area (Å²) in [5.74, 6) is 0.435. The van der Waals surface area contributed by atoms with Gasteiger partial charge in [0.25, 0.3) is 0 Å². The van der Waals surface area contributed by atoms with E-state index in [1.807, 2.05) is 12.3 Å². The van der Waals surface area contributed by atoms with Crippen molar-refractivity contribution in [3.63, 3.8) is 0 Å². The fourth-order valence-corrected chi connectivity index (χ4v) is 1.64. The number of rotatable bonds is 2. The van der Waals surface area contributed by atoms with Crippen LogP contribution in [-0.2, 0) is 6.42 Å². The van der Waals surface area contributed by atoms with Crippen LogP contribution in [0.3, 0.4) is 0 Å². The van der Waals surface area contributed by atoms with Crippen molar-refractivity contribution in [3.8, 4) is 0 Å². The zero-order chi connectivity index (χ0) is 10.1. The van der Waals surface area contributed by atoms with Gasteiger partial charge in [-0.05, 0) is 18.4 Å². The second-order valence-electron chi connectivity index (χ2n) is 3.78. The van der Waals surface area contributed by atoms with Crippen molar-refractivity contribution in [1.82, 2.24) is 15.0 Å². The maximum absolute atomic E-state index is 4.59. The van der Waals surface area contributed by atoms with E-state index < -0.39 is 0 Å². The molecule has 0 saturated heterocycles. The van der Waals surface area contributed by atoms with Crippen molar-refractivity contribution in [2.45, 2.75) is 33.1 Å². The number of H-pyrrole nitrogens is 1. The number of aryl methyl sites for hydroxylation is 1. The largest absolute Gasteiger partial charge is 0.345 e. The first-order valence-electron chi connectivity index (χ1n) is 5.06. The Morgan fingerprint density at radius 1 is 1.36 bits per heavy atom. The van der Waals surface area contributed by atoms with Crippen LogP contribution in [0, 0.1) is 0 Å². The van der Waals surface area contributed by atoms with Gasteiger partial charge in [-0.2, -0.15) is 0 Å². The fraction of sp³-hybridized carbons (Fsp3) is 0.455. The third-order valence-corrected chi connectivity index (χ3v) is 2.37. The van der Waals surface area contributed by atoms with Crippen LogP contribution in [0.4, 0.5) is 0 Å². The number of fused-ring (bicyclic) bond motifs is 1. The van der Waals surface area contributed by atoms with Gasteiger partial charge in [0.1, 0.15) is 5.52 Å². The highest BCUT2D eigenvalue weighted by atomic mass is 14.9. The van der Waals surface area contributed by atoms with Gasteiger partial charge in [-0.3, -0.25) is 0 Å². The van der Waals surface area contributed by atoms with Crippen LogP contribution >= 0.6 is 0 Å². The lowest BCUT2D eigenvalue weighted by Gasteiger charge is -2.08. The first-order valence-corrected chi connectivity index (χ1v) is 5.06. The van der Waals surface area contributed by atoms with Crippen LogP contribution < -0.4 is 0 Å². The van der Waals surface area contributed by atoms with E-state index in [9.17, 15) is 0 Å². The summed E-state index contributed by atoms with van der Waals surface area (Å²) < 4.78 is 0. The van der Waals surface area contributed by atoms with Crippen molar-refractivity contribution in [2.75, 3.05) is 0 Å². The summed E-state index contributed by atoms with van der Waals surface area (Å²) in [7, 11) is 0. The van der Waals surface area contributed by atoms with Crippen molar-refractivity contribution in [1.29, 1.82) is 0 Å². The van der Waals surface area contributed by atoms with Gasteiger partial charge in [0.05, 0.1) is 11.4 Å². The third-order valence-electron chi connectivity index (χ3n) is 2.37. The van der Waals surface area contributed by atoms with Crippen molar-refractivity contribution in [3.05, 3.63) is 23.7 Å². The molecule has 1 N–H and O–H groups in total. The van der Waals surface area contributed by atoms with Crippen LogP contribution in [0.25, 0.3) is 11.2 Å². The molecular weight excluding hydrogens is 174 g/mol. The first-order chi connectivity index (χ1) is 6.72. The summed E-state index contributed by atoms with van der Waals surface area (Å²) in [6.45, 7) is 6.42. The molecule has 2 aromatic rings. The van der Waals surface area contributed by atoms with Crippen LogP contribution in [-0.4, -0.2) is 15.0 Å². The minimum atomic E-state index is 0.435. The molecule has 0 unspecified atom stereocenters. The van der Waals surface area contributed by atoms with Gasteiger partial charge in [-0.1, -0.05) is 20.8 Å². The van der Waals surface area contributed by atoms with E-state index in [0.717, 1.165) is 29.0 Å². The first kappa shape index (κ1) is 9.19. The lowest BCUT2D eigenvalue weighted by molar-refractivity contribution is 0.789. The van der Waals surface area contributed by atoms with Crippen LogP contribution in [0.15, 0.2) is 12.3 Å². The van der Waals surface area contributed by atoms with E-state index >= 15 is 0 Å². The molecule has 0 amide bonds. The summed E-state index contributed by atoms with van der Waals surface area (Å²) >= 11 is 0. The molecule has 74 valence electrons. The molecule has 0 radical (unpaired) electrons. The monoisotopic (exact) mass is 189 g/mol. The number of hydrogen-bond acceptors (Lipinski definition) is 2. The summed E-state index contributed by atoms with van der Waals surface area (Å²) in [6.07, 6.45) is 2.83. The molecular formula is C11H15N3. The number of nitrogens with one attached hydrogen (secondary N) is 1. The second kappa shape index (κ2) is 3.40. The third kappa shape index (κ3) is 1.39. The second-order valence-corrected chi connectivity index (χ2v) is 3.78. The smallest absolute Gasteiger partial charge is 0.156 e. The van der Waals surface area contributed by atoms with E-state index in [-0.39, 0.29) is 0 Å². The quantitative estimate of drug-likeness (QED) is 0.789. The number of aromatic amines is 1. The maximum atomic E-state index is 4.59. The Hall–Kier alpha value is -1.38. The van der Waals surface area contributed by atoms with Crippen molar-refractivity contribution < 1.29 is 0 Å². The average molecular weight is 189 g/mol. The Bertz CT molecular complexity index is 443. The molecule has 0 atom stereocenters. The molecule has 0 aliphatic rings. The highest BCUT2D eigenvalue weighted by molar-refractivity contribution is 5.70. The molecule has 3 nitrogen and oxygen atoms in total. The Labute approximate surface area is 83.6 Å². The minimum Gasteiger partial charge on any atom is -0.345 e. The molecule has 0 saturated carbocycles. The van der Waals surface area contributed by atoms with Gasteiger partial charge in [-0.15, -0.1) is 0 Å². The van der Waals surface area contributed by atoms with E-state index in [2.05, 4.69) is 35.7 Å². The van der Waals surface area contributed by atoms with Crippen LogP contribution in [0.5, 0.6) is 0 Å². The topological polar surface area (TPSA) is 41.6 Å². The van der Waals surface area contributed by atoms with Gasteiger partial charge in [-0.25, -0.2) is 9.97 Å². The Morgan fingerprint density at radius 3 is 2.79 bits per heavy atom. The zero-order valence-electron chi connectivity index (χ0n) is 8.83. The molecule has 0 aliphatic carbocycles. The van der Waals surface area contributed by atoms with Crippen molar-refractivity contribution >= 4 is 11.2 Å². The average Bonchev–Trinajstić information content (AvgIpc) is 2.62. The van der Waals surface area contributed by atoms with Gasteiger partial charge >= 0.3 is 0 Å². The molecule has 2 rings (SSSR count). The number of aromatic nitrogens is 3. The lowest BCUT2D eigenvalue weighted by Crippen LogP contribution is -2.02. The normalized spacial score (nSPS) is 11.4. The molecule has 2 heterocycles. The van der Waals surface area contributed by atoms with Gasteiger partial charge in [0.2, 0.25) is 0 Å². The molecule has 14 heavy (non-hydrogen) atoms. The predicted octanol–water partition coefficient (Wildman–Crippen LogP) is 2.64. The molecule has 0 fully saturated rings. The summed E-state index contributed by atoms with van der Waals surface area (Å²) in [4.78, 5) is 12.3. The molecule has 0 aromatic carbocycles. The van der Waals surface area contributed by atoms with E-state index in [4.69, 9.17) is 0 Å². The molecule has 0 bridgehead atoms. The number of hydrogen-bond donors (Lipinski definition) is 1.